The predicted molar refractivity (Wildman–Crippen MR) is 104 cm³/mol. The molecule has 2 rings (SSSR count). The Morgan fingerprint density at radius 2 is 2.00 bits per heavy atom. The number of methoxy groups -OCH3 is 1. The second-order valence-corrected chi connectivity index (χ2v) is 7.42. The maximum atomic E-state index is 12.6. The first-order valence-electron chi connectivity index (χ1n) is 8.80. The molecule has 1 unspecified atom stereocenters. The molecule has 4 nitrogen and oxygen atoms in total. The zero-order valence-electron chi connectivity index (χ0n) is 15.8. The van der Waals surface area contributed by atoms with Gasteiger partial charge in [-0.15, -0.1) is 0 Å². The summed E-state index contributed by atoms with van der Waals surface area (Å²) in [7, 11) is 1.20. The summed E-state index contributed by atoms with van der Waals surface area (Å²) in [6.07, 6.45) is -4.82. The van der Waals surface area contributed by atoms with Crippen LogP contribution < -0.4 is 5.32 Å². The largest absolute Gasteiger partial charge is 0.466 e. The van der Waals surface area contributed by atoms with E-state index in [1.807, 2.05) is 0 Å². The summed E-state index contributed by atoms with van der Waals surface area (Å²) >= 11 is 12.3. The number of nitrogens with one attached hydrogen (secondary N) is 1. The molecule has 1 N–H and O–H groups in total. The van der Waals surface area contributed by atoms with E-state index in [1.54, 1.807) is 19.1 Å². The molecule has 9 heteroatoms. The van der Waals surface area contributed by atoms with E-state index < -0.39 is 24.5 Å². The van der Waals surface area contributed by atoms with Crippen molar-refractivity contribution in [2.24, 2.45) is 0 Å². The van der Waals surface area contributed by atoms with Crippen LogP contribution in [0.1, 0.15) is 44.1 Å². The zero-order chi connectivity index (χ0) is 21.8. The van der Waals surface area contributed by atoms with Crippen LogP contribution in [0.15, 0.2) is 40.7 Å². The van der Waals surface area contributed by atoms with E-state index >= 15 is 0 Å². The first kappa shape index (κ1) is 23.1. The van der Waals surface area contributed by atoms with Gasteiger partial charge in [0.25, 0.3) is 0 Å². The van der Waals surface area contributed by atoms with Gasteiger partial charge in [0.2, 0.25) is 0 Å². The van der Waals surface area contributed by atoms with Crippen LogP contribution in [0, 0.1) is 11.3 Å². The Balaban J connectivity index is 2.49. The first-order valence-corrected chi connectivity index (χ1v) is 9.55. The zero-order valence-corrected chi connectivity index (χ0v) is 17.3. The highest BCUT2D eigenvalue weighted by Gasteiger charge is 2.36. The quantitative estimate of drug-likeness (QED) is 0.428. The molecular formula is C20H19Cl2F3N2O2. The summed E-state index contributed by atoms with van der Waals surface area (Å²) in [5.41, 5.74) is 1.84. The molecule has 1 heterocycles. The highest BCUT2D eigenvalue weighted by atomic mass is 35.5. The van der Waals surface area contributed by atoms with Crippen LogP contribution in [-0.4, -0.2) is 19.3 Å². The summed E-state index contributed by atoms with van der Waals surface area (Å²) in [6, 6.07) is 6.81. The number of unbranched alkanes of at least 4 members (excludes halogenated alkanes) is 1. The molecular weight excluding hydrogens is 428 g/mol. The number of nitriles is 1. The van der Waals surface area contributed by atoms with Gasteiger partial charge < -0.3 is 10.1 Å². The van der Waals surface area contributed by atoms with E-state index in [9.17, 15) is 23.2 Å². The third-order valence-corrected chi connectivity index (χ3v) is 5.14. The number of allylic oxidation sites excluding steroid dienone is 3. The average Bonchev–Trinajstić information content (AvgIpc) is 2.63. The van der Waals surface area contributed by atoms with Crippen LogP contribution in [0.2, 0.25) is 10.0 Å². The molecule has 0 aromatic heterocycles. The summed E-state index contributed by atoms with van der Waals surface area (Å²) in [6.45, 7) is 1.67. The van der Waals surface area contributed by atoms with Gasteiger partial charge >= 0.3 is 12.1 Å². The number of esters is 1. The second kappa shape index (κ2) is 9.55. The van der Waals surface area contributed by atoms with Gasteiger partial charge in [0, 0.05) is 27.9 Å². The molecule has 29 heavy (non-hydrogen) atoms. The van der Waals surface area contributed by atoms with Crippen LogP contribution >= 0.6 is 23.2 Å². The molecule has 0 saturated carbocycles. The van der Waals surface area contributed by atoms with Crippen LogP contribution in [0.4, 0.5) is 13.2 Å². The van der Waals surface area contributed by atoms with E-state index in [4.69, 9.17) is 27.9 Å². The molecule has 0 bridgehead atoms. The number of carbonyl (C=O) groups excluding carboxylic acids is 1. The third-order valence-electron chi connectivity index (χ3n) is 4.58. The number of carbonyl (C=O) groups is 1. The van der Waals surface area contributed by atoms with Crippen molar-refractivity contribution < 1.29 is 22.7 Å². The molecule has 0 fully saturated rings. The minimum absolute atomic E-state index is 0.0800. The van der Waals surface area contributed by atoms with Crippen molar-refractivity contribution in [3.63, 3.8) is 0 Å². The van der Waals surface area contributed by atoms with Gasteiger partial charge in [-0.3, -0.25) is 0 Å². The van der Waals surface area contributed by atoms with E-state index in [2.05, 4.69) is 11.4 Å². The molecule has 1 aromatic carbocycles. The van der Waals surface area contributed by atoms with E-state index in [1.165, 1.54) is 13.2 Å². The van der Waals surface area contributed by atoms with Crippen LogP contribution in [0.5, 0.6) is 0 Å². The Hall–Kier alpha value is -2.17. The Morgan fingerprint density at radius 3 is 2.55 bits per heavy atom. The van der Waals surface area contributed by atoms with Crippen molar-refractivity contribution in [1.82, 2.24) is 5.32 Å². The SMILES string of the molecule is COC(=O)C1=C(CCCCC(F)(F)F)NC(C)=C(C#N)C1c1ccc(Cl)cc1Cl. The number of alkyl halides is 3. The third kappa shape index (κ3) is 5.68. The molecule has 0 amide bonds. The van der Waals surface area contributed by atoms with Crippen LogP contribution in [-0.2, 0) is 9.53 Å². The van der Waals surface area contributed by atoms with E-state index in [0.29, 0.717) is 22.0 Å². The monoisotopic (exact) mass is 446 g/mol. The molecule has 0 aliphatic carbocycles. The molecule has 1 aromatic rings. The smallest absolute Gasteiger partial charge is 0.389 e. The lowest BCUT2D eigenvalue weighted by atomic mass is 9.80. The van der Waals surface area contributed by atoms with Gasteiger partial charge in [-0.25, -0.2) is 4.79 Å². The fourth-order valence-corrected chi connectivity index (χ4v) is 3.78. The normalized spacial score (nSPS) is 17.1. The lowest BCUT2D eigenvalue weighted by Crippen LogP contribution is -2.29. The van der Waals surface area contributed by atoms with Crippen molar-refractivity contribution >= 4 is 29.2 Å². The van der Waals surface area contributed by atoms with Crippen molar-refractivity contribution in [1.29, 1.82) is 5.26 Å². The van der Waals surface area contributed by atoms with Crippen molar-refractivity contribution in [3.8, 4) is 6.07 Å². The molecule has 1 aliphatic rings. The number of hydrogen-bond donors (Lipinski definition) is 1. The number of ether oxygens (including phenoxy) is 1. The minimum atomic E-state index is -4.23. The lowest BCUT2D eigenvalue weighted by Gasteiger charge is -2.30. The molecule has 0 spiro atoms. The Labute approximate surface area is 176 Å². The van der Waals surface area contributed by atoms with Gasteiger partial charge in [0.05, 0.1) is 30.2 Å². The number of rotatable bonds is 6. The molecule has 1 aliphatic heterocycles. The fraction of sp³-hybridized carbons (Fsp3) is 0.400. The van der Waals surface area contributed by atoms with E-state index in [0.717, 1.165) is 0 Å². The molecule has 156 valence electrons. The van der Waals surface area contributed by atoms with Gasteiger partial charge in [-0.2, -0.15) is 18.4 Å². The van der Waals surface area contributed by atoms with Gasteiger partial charge in [0.1, 0.15) is 0 Å². The maximum Gasteiger partial charge on any atom is 0.389 e. The molecule has 0 saturated heterocycles. The Bertz CT molecular complexity index is 902. The number of nitrogens with zero attached hydrogens (tertiary/aromatic N) is 1. The molecule has 1 atom stereocenters. The second-order valence-electron chi connectivity index (χ2n) is 6.58. The summed E-state index contributed by atoms with van der Waals surface area (Å²) in [5.74, 6) is -1.49. The van der Waals surface area contributed by atoms with Crippen molar-refractivity contribution in [3.05, 3.63) is 56.3 Å². The van der Waals surface area contributed by atoms with E-state index in [-0.39, 0.29) is 35.4 Å². The predicted octanol–water partition coefficient (Wildman–Crippen LogP) is 6.03. The van der Waals surface area contributed by atoms with Gasteiger partial charge in [0.15, 0.2) is 0 Å². The maximum absolute atomic E-state index is 12.6. The Morgan fingerprint density at radius 1 is 1.31 bits per heavy atom. The summed E-state index contributed by atoms with van der Waals surface area (Å²) in [4.78, 5) is 12.6. The highest BCUT2D eigenvalue weighted by Crippen LogP contribution is 2.42. The van der Waals surface area contributed by atoms with Crippen molar-refractivity contribution in [2.45, 2.75) is 44.7 Å². The lowest BCUT2D eigenvalue weighted by molar-refractivity contribution is -0.137. The standard InChI is InChI=1S/C20H19Cl2F3N2O2/c1-11-14(10-26)17(13-7-6-12(21)9-15(13)22)18(19(28)29-2)16(27-11)5-3-4-8-20(23,24)25/h6-7,9,17,27H,3-5,8H2,1-2H3. The Kier molecular flexibility index (Phi) is 7.61. The summed E-state index contributed by atoms with van der Waals surface area (Å²) in [5, 5.41) is 13.3. The van der Waals surface area contributed by atoms with Gasteiger partial charge in [-0.05, 0) is 43.9 Å². The fourth-order valence-electron chi connectivity index (χ4n) is 3.27. The van der Waals surface area contributed by atoms with Gasteiger partial charge in [-0.1, -0.05) is 29.3 Å². The number of halogens is 5. The number of hydrogen-bond acceptors (Lipinski definition) is 4. The highest BCUT2D eigenvalue weighted by molar-refractivity contribution is 6.35. The first-order chi connectivity index (χ1) is 13.6. The summed E-state index contributed by atoms with van der Waals surface area (Å²) < 4.78 is 42.2. The minimum Gasteiger partial charge on any atom is -0.466 e. The van der Waals surface area contributed by atoms with Crippen LogP contribution in [0.25, 0.3) is 0 Å². The average molecular weight is 447 g/mol. The number of benzene rings is 1. The topological polar surface area (TPSA) is 62.1 Å². The van der Waals surface area contributed by atoms with Crippen molar-refractivity contribution in [2.75, 3.05) is 7.11 Å². The molecule has 0 radical (unpaired) electrons. The number of dihydropyridines is 1. The van der Waals surface area contributed by atoms with Crippen LogP contribution in [0.3, 0.4) is 0 Å².